The number of benzene rings is 2. The third-order valence-electron chi connectivity index (χ3n) is 2.66. The van der Waals surface area contributed by atoms with Crippen molar-refractivity contribution in [2.24, 2.45) is 0 Å². The largest absolute Gasteiger partial charge is 0.497 e. The average Bonchev–Trinajstić information content (AvgIpc) is 2.47. The Morgan fingerprint density at radius 3 is 2.38 bits per heavy atom. The first-order valence-electron chi connectivity index (χ1n) is 6.05. The fraction of sp³-hybridized carbons (Fsp3) is 0.0714. The smallest absolute Gasteiger partial charge is 0.323 e. The summed E-state index contributed by atoms with van der Waals surface area (Å²) in [4.78, 5) is 21.8. The molecule has 0 aliphatic carbocycles. The van der Waals surface area contributed by atoms with Gasteiger partial charge in [0, 0.05) is 29.6 Å². The van der Waals surface area contributed by atoms with E-state index in [-0.39, 0.29) is 5.69 Å². The second kappa shape index (κ2) is 6.38. The highest BCUT2D eigenvalue weighted by molar-refractivity contribution is 5.99. The van der Waals surface area contributed by atoms with Crippen LogP contribution in [-0.4, -0.2) is 18.1 Å². The van der Waals surface area contributed by atoms with Gasteiger partial charge in [-0.1, -0.05) is 6.07 Å². The summed E-state index contributed by atoms with van der Waals surface area (Å²) in [6.45, 7) is 0. The Morgan fingerprint density at radius 2 is 1.76 bits per heavy atom. The van der Waals surface area contributed by atoms with E-state index in [9.17, 15) is 14.9 Å². The van der Waals surface area contributed by atoms with Gasteiger partial charge in [0.25, 0.3) is 5.69 Å². The van der Waals surface area contributed by atoms with Crippen molar-refractivity contribution < 1.29 is 14.5 Å². The van der Waals surface area contributed by atoms with E-state index in [1.54, 1.807) is 24.3 Å². The summed E-state index contributed by atoms with van der Waals surface area (Å²) in [7, 11) is 1.54. The van der Waals surface area contributed by atoms with Gasteiger partial charge < -0.3 is 15.4 Å². The molecule has 0 aliphatic rings. The minimum absolute atomic E-state index is 0.0336. The molecule has 21 heavy (non-hydrogen) atoms. The lowest BCUT2D eigenvalue weighted by molar-refractivity contribution is -0.384. The molecule has 0 heterocycles. The van der Waals surface area contributed by atoms with Gasteiger partial charge in [-0.25, -0.2) is 4.79 Å². The summed E-state index contributed by atoms with van der Waals surface area (Å²) in [6, 6.07) is 12.0. The number of nitro groups is 1. The van der Waals surface area contributed by atoms with Crippen molar-refractivity contribution in [2.45, 2.75) is 0 Å². The minimum atomic E-state index is -0.500. The van der Waals surface area contributed by atoms with Crippen LogP contribution in [0.4, 0.5) is 21.9 Å². The highest BCUT2D eigenvalue weighted by Crippen LogP contribution is 2.18. The highest BCUT2D eigenvalue weighted by Gasteiger charge is 2.06. The quantitative estimate of drug-likeness (QED) is 0.666. The van der Waals surface area contributed by atoms with E-state index < -0.39 is 11.0 Å². The predicted octanol–water partition coefficient (Wildman–Crippen LogP) is 3.25. The molecule has 0 saturated heterocycles. The number of non-ortho nitro benzene ring substituents is 1. The lowest BCUT2D eigenvalue weighted by Crippen LogP contribution is -2.19. The van der Waals surface area contributed by atoms with Crippen LogP contribution in [0.25, 0.3) is 0 Å². The number of amides is 2. The summed E-state index contributed by atoms with van der Waals surface area (Å²) in [6.07, 6.45) is 0. The Kier molecular flexibility index (Phi) is 4.35. The van der Waals surface area contributed by atoms with Crippen LogP contribution in [0.15, 0.2) is 48.5 Å². The van der Waals surface area contributed by atoms with Crippen molar-refractivity contribution in [1.82, 2.24) is 0 Å². The maximum atomic E-state index is 11.8. The highest BCUT2D eigenvalue weighted by atomic mass is 16.6. The normalized spacial score (nSPS) is 9.76. The van der Waals surface area contributed by atoms with Crippen molar-refractivity contribution in [3.8, 4) is 5.75 Å². The van der Waals surface area contributed by atoms with Crippen LogP contribution in [-0.2, 0) is 0 Å². The first-order valence-corrected chi connectivity index (χ1v) is 6.05. The fourth-order valence-electron chi connectivity index (χ4n) is 1.66. The van der Waals surface area contributed by atoms with E-state index in [0.717, 1.165) is 0 Å². The molecule has 0 aromatic heterocycles. The van der Waals surface area contributed by atoms with E-state index in [2.05, 4.69) is 10.6 Å². The summed E-state index contributed by atoms with van der Waals surface area (Å²) in [5, 5.41) is 15.7. The number of carbonyl (C=O) groups excluding carboxylic acids is 1. The fourth-order valence-corrected chi connectivity index (χ4v) is 1.66. The zero-order valence-corrected chi connectivity index (χ0v) is 11.2. The molecule has 108 valence electrons. The number of hydrogen-bond donors (Lipinski definition) is 2. The summed E-state index contributed by atoms with van der Waals surface area (Å²) in [5.74, 6) is 0.628. The van der Waals surface area contributed by atoms with Gasteiger partial charge in [0.2, 0.25) is 0 Å². The molecule has 7 heteroatoms. The number of anilines is 2. The number of rotatable bonds is 4. The Hall–Kier alpha value is -3.09. The van der Waals surface area contributed by atoms with Gasteiger partial charge in [-0.05, 0) is 24.3 Å². The lowest BCUT2D eigenvalue weighted by atomic mass is 10.3. The molecule has 0 fully saturated rings. The van der Waals surface area contributed by atoms with Crippen LogP contribution in [0.1, 0.15) is 0 Å². The maximum Gasteiger partial charge on any atom is 0.323 e. The maximum absolute atomic E-state index is 11.8. The molecule has 0 bridgehead atoms. The molecule has 2 amide bonds. The molecule has 2 aromatic rings. The molecule has 0 aliphatic heterocycles. The van der Waals surface area contributed by atoms with Gasteiger partial charge >= 0.3 is 6.03 Å². The third-order valence-corrected chi connectivity index (χ3v) is 2.66. The number of nitrogens with one attached hydrogen (secondary N) is 2. The van der Waals surface area contributed by atoms with Gasteiger partial charge in [0.15, 0.2) is 0 Å². The van der Waals surface area contributed by atoms with Gasteiger partial charge in [0.1, 0.15) is 5.75 Å². The zero-order chi connectivity index (χ0) is 15.2. The van der Waals surface area contributed by atoms with Crippen LogP contribution < -0.4 is 15.4 Å². The average molecular weight is 287 g/mol. The van der Waals surface area contributed by atoms with Gasteiger partial charge in [-0.15, -0.1) is 0 Å². The summed E-state index contributed by atoms with van der Waals surface area (Å²) in [5.41, 5.74) is 1.00. The van der Waals surface area contributed by atoms with Crippen molar-refractivity contribution in [3.05, 3.63) is 58.6 Å². The van der Waals surface area contributed by atoms with Crippen molar-refractivity contribution in [1.29, 1.82) is 0 Å². The number of nitro benzene ring substituents is 1. The topological polar surface area (TPSA) is 93.5 Å². The molecule has 0 atom stereocenters. The first-order chi connectivity index (χ1) is 10.1. The van der Waals surface area contributed by atoms with Crippen molar-refractivity contribution in [2.75, 3.05) is 17.7 Å². The number of urea groups is 1. The first kappa shape index (κ1) is 14.3. The number of hydrogen-bond acceptors (Lipinski definition) is 4. The summed E-state index contributed by atoms with van der Waals surface area (Å²) >= 11 is 0. The predicted molar refractivity (Wildman–Crippen MR) is 78.7 cm³/mol. The Morgan fingerprint density at radius 1 is 1.10 bits per heavy atom. The Balaban J connectivity index is 1.99. The molecule has 2 rings (SSSR count). The van der Waals surface area contributed by atoms with Crippen LogP contribution in [0.3, 0.4) is 0 Å². The van der Waals surface area contributed by atoms with Gasteiger partial charge in [0.05, 0.1) is 12.0 Å². The van der Waals surface area contributed by atoms with E-state index >= 15 is 0 Å². The lowest BCUT2D eigenvalue weighted by Gasteiger charge is -2.08. The van der Waals surface area contributed by atoms with Crippen LogP contribution in [0.5, 0.6) is 5.75 Å². The van der Waals surface area contributed by atoms with E-state index in [0.29, 0.717) is 17.1 Å². The molecule has 2 aromatic carbocycles. The van der Waals surface area contributed by atoms with Crippen LogP contribution in [0.2, 0.25) is 0 Å². The molecule has 0 saturated carbocycles. The molecule has 0 spiro atoms. The molecule has 7 nitrogen and oxygen atoms in total. The van der Waals surface area contributed by atoms with E-state index in [4.69, 9.17) is 4.74 Å². The number of nitrogens with zero attached hydrogens (tertiary/aromatic N) is 1. The molecule has 0 radical (unpaired) electrons. The second-order valence-corrected chi connectivity index (χ2v) is 4.12. The van der Waals surface area contributed by atoms with Crippen molar-refractivity contribution in [3.63, 3.8) is 0 Å². The number of ether oxygens (including phenoxy) is 1. The van der Waals surface area contributed by atoms with E-state index in [1.807, 2.05) is 0 Å². The second-order valence-electron chi connectivity index (χ2n) is 4.12. The van der Waals surface area contributed by atoms with Gasteiger partial charge in [-0.3, -0.25) is 10.1 Å². The number of carbonyl (C=O) groups is 1. The van der Waals surface area contributed by atoms with E-state index in [1.165, 1.54) is 31.4 Å². The molecule has 2 N–H and O–H groups in total. The summed E-state index contributed by atoms with van der Waals surface area (Å²) < 4.78 is 5.05. The monoisotopic (exact) mass is 287 g/mol. The zero-order valence-electron chi connectivity index (χ0n) is 11.2. The minimum Gasteiger partial charge on any atom is -0.497 e. The van der Waals surface area contributed by atoms with Gasteiger partial charge in [-0.2, -0.15) is 0 Å². The molecular formula is C14H13N3O4. The Labute approximate surface area is 120 Å². The molecular weight excluding hydrogens is 274 g/mol. The Bertz CT molecular complexity index is 656. The standard InChI is InChI=1S/C14H13N3O4/c1-21-13-4-2-3-11(9-13)16-14(18)15-10-5-7-12(8-6-10)17(19)20/h2-9H,1H3,(H2,15,16,18). The van der Waals surface area contributed by atoms with Crippen LogP contribution >= 0.6 is 0 Å². The number of methoxy groups -OCH3 is 1. The van der Waals surface area contributed by atoms with Crippen molar-refractivity contribution >= 4 is 23.1 Å². The SMILES string of the molecule is COc1cccc(NC(=O)Nc2ccc([N+](=O)[O-])cc2)c1. The third kappa shape index (κ3) is 3.93. The molecule has 0 unspecified atom stereocenters. The van der Waals surface area contributed by atoms with Crippen LogP contribution in [0, 0.1) is 10.1 Å².